The summed E-state index contributed by atoms with van der Waals surface area (Å²) in [6.07, 6.45) is 7.85. The van der Waals surface area contributed by atoms with Gasteiger partial charge in [0.2, 0.25) is 0 Å². The van der Waals surface area contributed by atoms with Gasteiger partial charge in [-0.05, 0) is 126 Å². The van der Waals surface area contributed by atoms with Crippen LogP contribution in [0, 0.1) is 12.8 Å². The van der Waals surface area contributed by atoms with E-state index in [1.54, 1.807) is 0 Å². The van der Waals surface area contributed by atoms with Crippen LogP contribution in [-0.4, -0.2) is 60.5 Å². The van der Waals surface area contributed by atoms with E-state index in [0.29, 0.717) is 41.7 Å². The van der Waals surface area contributed by atoms with E-state index in [-0.39, 0.29) is 12.0 Å². The smallest absolute Gasteiger partial charge is 0.142 e. The number of likely N-dealkylation sites (tertiary alicyclic amines) is 2. The number of piperidine rings is 1. The van der Waals surface area contributed by atoms with E-state index in [0.717, 1.165) is 82.0 Å². The van der Waals surface area contributed by atoms with Crippen LogP contribution in [0.25, 0.3) is 11.1 Å². The maximum atomic E-state index is 12.2. The number of fused-ring (bicyclic) bond motifs is 1. The van der Waals surface area contributed by atoms with Crippen LogP contribution in [0.2, 0.25) is 5.02 Å². The van der Waals surface area contributed by atoms with Gasteiger partial charge in [0.25, 0.3) is 0 Å². The lowest BCUT2D eigenvalue weighted by Gasteiger charge is -2.31. The molecule has 3 aromatic rings. The molecule has 1 aliphatic carbocycles. The molecular formula is C42H55ClN2O4. The number of benzene rings is 3. The number of rotatable bonds is 14. The Labute approximate surface area is 299 Å². The second-order valence-corrected chi connectivity index (χ2v) is 14.8. The molecule has 3 atom stereocenters. The molecular weight excluding hydrogens is 632 g/mol. The number of ketones is 1. The van der Waals surface area contributed by atoms with E-state index >= 15 is 0 Å². The summed E-state index contributed by atoms with van der Waals surface area (Å²) in [6.45, 7) is 15.8. The summed E-state index contributed by atoms with van der Waals surface area (Å²) in [5.41, 5.74) is 7.29. The lowest BCUT2D eigenvalue weighted by Crippen LogP contribution is -2.35. The van der Waals surface area contributed by atoms with Crippen molar-refractivity contribution in [2.24, 2.45) is 5.92 Å². The number of carbonyl (C=O) groups excluding carboxylic acids is 1. The third-order valence-electron chi connectivity index (χ3n) is 11.2. The topological polar surface area (TPSA) is 51.2 Å². The van der Waals surface area contributed by atoms with E-state index < -0.39 is 0 Å². The first kappa shape index (κ1) is 35.8. The Morgan fingerprint density at radius 1 is 0.878 bits per heavy atom. The summed E-state index contributed by atoms with van der Waals surface area (Å²) in [5, 5.41) is 0.605. The molecule has 0 saturated carbocycles. The molecule has 0 radical (unpaired) electrons. The zero-order chi connectivity index (χ0) is 34.5. The van der Waals surface area contributed by atoms with Crippen LogP contribution in [0.5, 0.6) is 17.2 Å². The van der Waals surface area contributed by atoms with Crippen molar-refractivity contribution < 1.29 is 19.0 Å². The van der Waals surface area contributed by atoms with Gasteiger partial charge in [-0.25, -0.2) is 0 Å². The monoisotopic (exact) mass is 686 g/mol. The van der Waals surface area contributed by atoms with Crippen molar-refractivity contribution in [2.45, 2.75) is 111 Å². The SMILES string of the molecule is CCOc1cc(O[C@H]2CCc3c(-c4cccc(OCCCN5C(C)CC[C@H]5C)c4C)cccc32)c(Cl)cc1CN1CCC(C(=O)CC)CC1. The fourth-order valence-corrected chi connectivity index (χ4v) is 8.58. The van der Waals surface area contributed by atoms with Gasteiger partial charge in [0.1, 0.15) is 29.1 Å². The van der Waals surface area contributed by atoms with Gasteiger partial charge >= 0.3 is 0 Å². The highest BCUT2D eigenvalue weighted by molar-refractivity contribution is 6.32. The van der Waals surface area contributed by atoms with Gasteiger partial charge in [-0.15, -0.1) is 0 Å². The maximum absolute atomic E-state index is 12.2. The average molecular weight is 687 g/mol. The Morgan fingerprint density at radius 3 is 2.35 bits per heavy atom. The minimum Gasteiger partial charge on any atom is -0.493 e. The highest BCUT2D eigenvalue weighted by Crippen LogP contribution is 2.44. The van der Waals surface area contributed by atoms with Gasteiger partial charge in [-0.3, -0.25) is 14.6 Å². The molecule has 3 aliphatic rings. The van der Waals surface area contributed by atoms with E-state index in [1.165, 1.54) is 40.7 Å². The van der Waals surface area contributed by atoms with Crippen molar-refractivity contribution in [3.05, 3.63) is 75.8 Å². The first-order valence-corrected chi connectivity index (χ1v) is 19.1. The van der Waals surface area contributed by atoms with E-state index in [9.17, 15) is 4.79 Å². The molecule has 7 heteroatoms. The highest BCUT2D eigenvalue weighted by atomic mass is 35.5. The highest BCUT2D eigenvalue weighted by Gasteiger charge is 2.30. The molecule has 2 heterocycles. The van der Waals surface area contributed by atoms with Gasteiger partial charge in [0.05, 0.1) is 18.2 Å². The second kappa shape index (κ2) is 16.3. The summed E-state index contributed by atoms with van der Waals surface area (Å²) < 4.78 is 19.2. The van der Waals surface area contributed by atoms with E-state index in [2.05, 4.69) is 67.0 Å². The van der Waals surface area contributed by atoms with Gasteiger partial charge < -0.3 is 14.2 Å². The van der Waals surface area contributed by atoms with Crippen molar-refractivity contribution in [3.8, 4) is 28.4 Å². The van der Waals surface area contributed by atoms with Crippen molar-refractivity contribution in [2.75, 3.05) is 32.8 Å². The van der Waals surface area contributed by atoms with Crippen LogP contribution in [0.3, 0.4) is 0 Å². The average Bonchev–Trinajstić information content (AvgIpc) is 3.67. The lowest BCUT2D eigenvalue weighted by atomic mass is 9.91. The molecule has 0 bridgehead atoms. The Kier molecular flexibility index (Phi) is 11.9. The molecule has 3 aromatic carbocycles. The van der Waals surface area contributed by atoms with Crippen LogP contribution in [0.1, 0.15) is 101 Å². The number of halogens is 1. The fourth-order valence-electron chi connectivity index (χ4n) is 8.35. The Balaban J connectivity index is 1.13. The summed E-state index contributed by atoms with van der Waals surface area (Å²) in [7, 11) is 0. The first-order valence-electron chi connectivity index (χ1n) is 18.7. The molecule has 0 N–H and O–H groups in total. The summed E-state index contributed by atoms with van der Waals surface area (Å²) >= 11 is 6.92. The van der Waals surface area contributed by atoms with Crippen LogP contribution < -0.4 is 14.2 Å². The molecule has 2 fully saturated rings. The minimum absolute atomic E-state index is 0.0852. The van der Waals surface area contributed by atoms with Crippen LogP contribution in [0.15, 0.2) is 48.5 Å². The lowest BCUT2D eigenvalue weighted by molar-refractivity contribution is -0.124. The van der Waals surface area contributed by atoms with Crippen molar-refractivity contribution in [1.29, 1.82) is 0 Å². The van der Waals surface area contributed by atoms with Gasteiger partial charge in [0, 0.05) is 49.1 Å². The zero-order valence-electron chi connectivity index (χ0n) is 30.2. The van der Waals surface area contributed by atoms with Crippen molar-refractivity contribution >= 4 is 17.4 Å². The number of hydrogen-bond acceptors (Lipinski definition) is 6. The molecule has 0 amide bonds. The van der Waals surface area contributed by atoms with Crippen molar-refractivity contribution in [3.63, 3.8) is 0 Å². The van der Waals surface area contributed by atoms with Crippen LogP contribution >= 0.6 is 11.6 Å². The molecule has 1 unspecified atom stereocenters. The molecule has 0 spiro atoms. The quantitative estimate of drug-likeness (QED) is 0.158. The third-order valence-corrected chi connectivity index (χ3v) is 11.5. The summed E-state index contributed by atoms with van der Waals surface area (Å²) in [4.78, 5) is 17.2. The predicted octanol–water partition coefficient (Wildman–Crippen LogP) is 9.61. The molecule has 2 aliphatic heterocycles. The van der Waals surface area contributed by atoms with Gasteiger partial charge in [-0.2, -0.15) is 0 Å². The van der Waals surface area contributed by atoms with Gasteiger partial charge in [0.15, 0.2) is 0 Å². The van der Waals surface area contributed by atoms with Crippen molar-refractivity contribution in [1.82, 2.24) is 9.80 Å². The number of ether oxygens (including phenoxy) is 3. The zero-order valence-corrected chi connectivity index (χ0v) is 31.0. The molecule has 6 rings (SSSR count). The first-order chi connectivity index (χ1) is 23.8. The minimum atomic E-state index is -0.0852. The standard InChI is InChI=1S/C42H55ClN2O4/c1-6-38(46)31-19-22-44(23-20-31)27-32-25-37(43)42(26-41(32)47-7-2)49-40-18-17-35-34(12-8-13-36(35)40)33-11-9-14-39(30(33)5)48-24-10-21-45-28(3)15-16-29(45)4/h8-9,11-14,25-26,28-29,31,40H,6-7,10,15-24,27H2,1-5H3/t28-,29?,40+/m1/s1. The third kappa shape index (κ3) is 8.13. The Bertz CT molecular complexity index is 1590. The predicted molar refractivity (Wildman–Crippen MR) is 199 cm³/mol. The normalized spacial score (nSPS) is 21.6. The summed E-state index contributed by atoms with van der Waals surface area (Å²) in [6, 6.07) is 18.4. The number of carbonyl (C=O) groups is 1. The summed E-state index contributed by atoms with van der Waals surface area (Å²) in [5.74, 6) is 3.04. The fraction of sp³-hybridized carbons (Fsp3) is 0.548. The maximum Gasteiger partial charge on any atom is 0.142 e. The molecule has 49 heavy (non-hydrogen) atoms. The molecule has 264 valence electrons. The number of Topliss-reactive ketones (excluding diaryl/α,β-unsaturated/α-hetero) is 1. The molecule has 0 aromatic heterocycles. The van der Waals surface area contributed by atoms with E-state index in [1.807, 2.05) is 26.0 Å². The molecule has 6 nitrogen and oxygen atoms in total. The number of nitrogens with zero attached hydrogens (tertiary/aromatic N) is 2. The Hall–Kier alpha value is -3.06. The van der Waals surface area contributed by atoms with Gasteiger partial charge in [-0.1, -0.05) is 48.9 Å². The van der Waals surface area contributed by atoms with E-state index in [4.69, 9.17) is 25.8 Å². The molecule has 2 saturated heterocycles. The van der Waals surface area contributed by atoms with Crippen LogP contribution in [-0.2, 0) is 17.8 Å². The Morgan fingerprint density at radius 2 is 1.61 bits per heavy atom. The largest absolute Gasteiger partial charge is 0.493 e. The second-order valence-electron chi connectivity index (χ2n) is 14.4. The van der Waals surface area contributed by atoms with Crippen LogP contribution in [0.4, 0.5) is 0 Å². The number of hydrogen-bond donors (Lipinski definition) is 0.